The average molecular weight is 345 g/mol. The summed E-state index contributed by atoms with van der Waals surface area (Å²) in [5, 5.41) is 9.01. The maximum absolute atomic E-state index is 12.7. The molecule has 0 aromatic heterocycles. The van der Waals surface area contributed by atoms with Crippen molar-refractivity contribution in [3.05, 3.63) is 59.7 Å². The Balaban J connectivity index is 2.51. The Morgan fingerprint density at radius 3 is 2.17 bits per heavy atom. The minimum Gasteiger partial charge on any atom is -0.478 e. The molecule has 0 amide bonds. The smallest absolute Gasteiger partial charge is 0.416 e. The van der Waals surface area contributed by atoms with Crippen molar-refractivity contribution < 1.29 is 31.5 Å². The minimum atomic E-state index is -4.73. The predicted molar refractivity (Wildman–Crippen MR) is 75.7 cm³/mol. The SMILES string of the molecule is O=C(O)c1ccc(C(F)(F)F)cc1NS(=O)(=O)c1ccccc1. The summed E-state index contributed by atoms with van der Waals surface area (Å²) in [5.41, 5.74) is -2.40. The number of carboxylic acids is 1. The van der Waals surface area contributed by atoms with Crippen LogP contribution in [0.2, 0.25) is 0 Å². The van der Waals surface area contributed by atoms with Gasteiger partial charge in [-0.1, -0.05) is 18.2 Å². The number of alkyl halides is 3. The van der Waals surface area contributed by atoms with Gasteiger partial charge >= 0.3 is 12.1 Å². The summed E-state index contributed by atoms with van der Waals surface area (Å²) in [4.78, 5) is 10.9. The number of carbonyl (C=O) groups is 1. The lowest BCUT2D eigenvalue weighted by atomic mass is 10.1. The Morgan fingerprint density at radius 1 is 1.04 bits per heavy atom. The Labute approximate surface area is 129 Å². The molecule has 2 N–H and O–H groups in total. The van der Waals surface area contributed by atoms with Crippen LogP contribution in [-0.2, 0) is 16.2 Å². The van der Waals surface area contributed by atoms with Gasteiger partial charge in [-0.15, -0.1) is 0 Å². The summed E-state index contributed by atoms with van der Waals surface area (Å²) in [7, 11) is -4.21. The van der Waals surface area contributed by atoms with Crippen molar-refractivity contribution in [1.82, 2.24) is 0 Å². The number of aromatic carboxylic acids is 1. The van der Waals surface area contributed by atoms with Crippen molar-refractivity contribution in [1.29, 1.82) is 0 Å². The summed E-state index contributed by atoms with van der Waals surface area (Å²) >= 11 is 0. The van der Waals surface area contributed by atoms with Gasteiger partial charge < -0.3 is 5.11 Å². The van der Waals surface area contributed by atoms with Gasteiger partial charge in [0.1, 0.15) is 0 Å². The second-order valence-corrected chi connectivity index (χ2v) is 6.16. The molecule has 0 saturated carbocycles. The zero-order chi connectivity index (χ0) is 17.3. The van der Waals surface area contributed by atoms with Crippen LogP contribution in [0.4, 0.5) is 18.9 Å². The molecule has 0 unspecified atom stereocenters. The summed E-state index contributed by atoms with van der Waals surface area (Å²) in [6, 6.07) is 8.61. The van der Waals surface area contributed by atoms with Crippen LogP contribution in [0.15, 0.2) is 53.4 Å². The maximum Gasteiger partial charge on any atom is 0.416 e. The highest BCUT2D eigenvalue weighted by Crippen LogP contribution is 2.33. The van der Waals surface area contributed by atoms with Gasteiger partial charge in [0.15, 0.2) is 0 Å². The van der Waals surface area contributed by atoms with Gasteiger partial charge in [0.2, 0.25) is 0 Å². The number of hydrogen-bond acceptors (Lipinski definition) is 3. The molecule has 0 aliphatic rings. The number of sulfonamides is 1. The van der Waals surface area contributed by atoms with Crippen molar-refractivity contribution in [2.75, 3.05) is 4.72 Å². The fourth-order valence-corrected chi connectivity index (χ4v) is 2.89. The monoisotopic (exact) mass is 345 g/mol. The molecule has 0 aliphatic carbocycles. The number of rotatable bonds is 4. The molecular formula is C14H10F3NO4S. The first-order chi connectivity index (χ1) is 10.6. The first-order valence-electron chi connectivity index (χ1n) is 6.13. The van der Waals surface area contributed by atoms with Crippen molar-refractivity contribution in [2.45, 2.75) is 11.1 Å². The molecule has 0 atom stereocenters. The van der Waals surface area contributed by atoms with Crippen LogP contribution in [0.3, 0.4) is 0 Å². The Hall–Kier alpha value is -2.55. The Kier molecular flexibility index (Phi) is 4.33. The van der Waals surface area contributed by atoms with Crippen LogP contribution < -0.4 is 4.72 Å². The van der Waals surface area contributed by atoms with Crippen molar-refractivity contribution in [3.63, 3.8) is 0 Å². The van der Waals surface area contributed by atoms with Crippen molar-refractivity contribution >= 4 is 21.7 Å². The van der Waals surface area contributed by atoms with Gasteiger partial charge in [0.05, 0.1) is 21.7 Å². The first kappa shape index (κ1) is 16.8. The summed E-state index contributed by atoms with van der Waals surface area (Å²) in [6.07, 6.45) is -4.73. The molecular weight excluding hydrogens is 335 g/mol. The van der Waals surface area contributed by atoms with Crippen LogP contribution in [0.1, 0.15) is 15.9 Å². The number of halogens is 3. The number of benzene rings is 2. The highest BCUT2D eigenvalue weighted by Gasteiger charge is 2.32. The lowest BCUT2D eigenvalue weighted by molar-refractivity contribution is -0.137. The third-order valence-corrected chi connectivity index (χ3v) is 4.26. The first-order valence-corrected chi connectivity index (χ1v) is 7.62. The summed E-state index contributed by atoms with van der Waals surface area (Å²) in [5.74, 6) is -1.55. The molecule has 9 heteroatoms. The third-order valence-electron chi connectivity index (χ3n) is 2.88. The normalized spacial score (nSPS) is 12.0. The zero-order valence-corrected chi connectivity index (χ0v) is 12.1. The van der Waals surface area contributed by atoms with E-state index in [1.54, 1.807) is 6.07 Å². The topological polar surface area (TPSA) is 83.5 Å². The highest BCUT2D eigenvalue weighted by molar-refractivity contribution is 7.92. The van der Waals surface area contributed by atoms with E-state index in [0.29, 0.717) is 18.2 Å². The molecule has 5 nitrogen and oxygen atoms in total. The summed E-state index contributed by atoms with van der Waals surface area (Å²) < 4.78 is 64.4. The standard InChI is InChI=1S/C14H10F3NO4S/c15-14(16,17)9-6-7-11(13(19)20)12(8-9)18-23(21,22)10-4-2-1-3-5-10/h1-8,18H,(H,19,20). The largest absolute Gasteiger partial charge is 0.478 e. The van der Waals surface area contributed by atoms with E-state index < -0.39 is 39.0 Å². The van der Waals surface area contributed by atoms with Gasteiger partial charge in [-0.2, -0.15) is 13.2 Å². The van der Waals surface area contributed by atoms with Gasteiger partial charge in [-0.3, -0.25) is 4.72 Å². The maximum atomic E-state index is 12.7. The molecule has 0 fully saturated rings. The van der Waals surface area contributed by atoms with E-state index in [-0.39, 0.29) is 4.90 Å². The third kappa shape index (κ3) is 3.81. The number of hydrogen-bond donors (Lipinski definition) is 2. The van der Waals surface area contributed by atoms with E-state index in [0.717, 1.165) is 0 Å². The summed E-state index contributed by atoms with van der Waals surface area (Å²) in [6.45, 7) is 0. The second kappa shape index (κ2) is 5.92. The minimum absolute atomic E-state index is 0.200. The highest BCUT2D eigenvalue weighted by atomic mass is 32.2. The zero-order valence-electron chi connectivity index (χ0n) is 11.3. The fourth-order valence-electron chi connectivity index (χ4n) is 1.79. The van der Waals surface area contributed by atoms with E-state index in [1.165, 1.54) is 24.3 Å². The molecule has 0 bridgehead atoms. The average Bonchev–Trinajstić information content (AvgIpc) is 2.46. The number of nitrogens with one attached hydrogen (secondary N) is 1. The van der Waals surface area contributed by atoms with E-state index >= 15 is 0 Å². The van der Waals surface area contributed by atoms with Gasteiger partial charge in [0, 0.05) is 0 Å². The van der Waals surface area contributed by atoms with Gasteiger partial charge in [-0.25, -0.2) is 13.2 Å². The predicted octanol–water partition coefficient (Wildman–Crippen LogP) is 3.20. The lowest BCUT2D eigenvalue weighted by Gasteiger charge is -2.13. The fraction of sp³-hybridized carbons (Fsp3) is 0.0714. The number of anilines is 1. The van der Waals surface area contributed by atoms with E-state index in [1.807, 2.05) is 4.72 Å². The van der Waals surface area contributed by atoms with Crippen LogP contribution in [-0.4, -0.2) is 19.5 Å². The van der Waals surface area contributed by atoms with E-state index in [9.17, 15) is 26.4 Å². The molecule has 2 rings (SSSR count). The van der Waals surface area contributed by atoms with Gasteiger partial charge in [0.25, 0.3) is 10.0 Å². The van der Waals surface area contributed by atoms with E-state index in [4.69, 9.17) is 5.11 Å². The number of carboxylic acid groups (broad SMARTS) is 1. The molecule has 0 aliphatic heterocycles. The molecule has 2 aromatic carbocycles. The second-order valence-electron chi connectivity index (χ2n) is 4.48. The lowest BCUT2D eigenvalue weighted by Crippen LogP contribution is -2.17. The molecule has 0 spiro atoms. The van der Waals surface area contributed by atoms with Crippen LogP contribution in [0.5, 0.6) is 0 Å². The van der Waals surface area contributed by atoms with E-state index in [2.05, 4.69) is 0 Å². The van der Waals surface area contributed by atoms with Crippen molar-refractivity contribution in [3.8, 4) is 0 Å². The molecule has 0 radical (unpaired) electrons. The molecule has 23 heavy (non-hydrogen) atoms. The molecule has 0 heterocycles. The van der Waals surface area contributed by atoms with Crippen LogP contribution in [0.25, 0.3) is 0 Å². The van der Waals surface area contributed by atoms with Crippen LogP contribution >= 0.6 is 0 Å². The van der Waals surface area contributed by atoms with Crippen molar-refractivity contribution in [2.24, 2.45) is 0 Å². The van der Waals surface area contributed by atoms with Crippen LogP contribution in [0, 0.1) is 0 Å². The molecule has 0 saturated heterocycles. The molecule has 2 aromatic rings. The Morgan fingerprint density at radius 2 is 1.65 bits per heavy atom. The quantitative estimate of drug-likeness (QED) is 0.891. The Bertz CT molecular complexity index is 833. The van der Waals surface area contributed by atoms with Gasteiger partial charge in [-0.05, 0) is 30.3 Å². The molecule has 122 valence electrons.